The van der Waals surface area contributed by atoms with Crippen LogP contribution in [0.25, 0.3) is 0 Å². The Kier molecular flexibility index (Phi) is 2.54. The van der Waals surface area contributed by atoms with Crippen molar-refractivity contribution in [3.05, 3.63) is 35.9 Å². The molecule has 1 unspecified atom stereocenters. The molecule has 11 heavy (non-hydrogen) atoms. The van der Waals surface area contributed by atoms with E-state index >= 15 is 0 Å². The van der Waals surface area contributed by atoms with Gasteiger partial charge in [0, 0.05) is 6.20 Å². The SMILES string of the molecule is C=CC(F)c1ncncc1Cl. The summed E-state index contributed by atoms with van der Waals surface area (Å²) in [5.74, 6) is 0. The van der Waals surface area contributed by atoms with Crippen LogP contribution in [0.5, 0.6) is 0 Å². The van der Waals surface area contributed by atoms with Crippen molar-refractivity contribution in [3.63, 3.8) is 0 Å². The maximum absolute atomic E-state index is 12.8. The predicted molar refractivity (Wildman–Crippen MR) is 41.1 cm³/mol. The number of alkyl halides is 1. The van der Waals surface area contributed by atoms with Crippen LogP contribution >= 0.6 is 11.6 Å². The highest BCUT2D eigenvalue weighted by molar-refractivity contribution is 6.31. The Morgan fingerprint density at radius 3 is 3.00 bits per heavy atom. The van der Waals surface area contributed by atoms with E-state index in [1.54, 1.807) is 0 Å². The summed E-state index contributed by atoms with van der Waals surface area (Å²) in [6.45, 7) is 3.28. The molecule has 0 N–H and O–H groups in total. The normalized spacial score (nSPS) is 12.5. The summed E-state index contributed by atoms with van der Waals surface area (Å²) in [5, 5.41) is 0.222. The zero-order chi connectivity index (χ0) is 8.27. The van der Waals surface area contributed by atoms with Crippen molar-refractivity contribution in [3.8, 4) is 0 Å². The second-order valence-electron chi connectivity index (χ2n) is 1.89. The molecule has 1 atom stereocenters. The van der Waals surface area contributed by atoms with Gasteiger partial charge in [-0.05, 0) is 0 Å². The summed E-state index contributed by atoms with van der Waals surface area (Å²) in [5.41, 5.74) is 0.164. The minimum absolute atomic E-state index is 0.164. The van der Waals surface area contributed by atoms with Crippen LogP contribution in [0.2, 0.25) is 5.02 Å². The first kappa shape index (κ1) is 8.14. The molecule has 0 fully saturated rings. The lowest BCUT2D eigenvalue weighted by Crippen LogP contribution is -1.93. The molecule has 0 radical (unpaired) electrons. The Balaban J connectivity index is 3.02. The van der Waals surface area contributed by atoms with Crippen molar-refractivity contribution in [2.75, 3.05) is 0 Å². The van der Waals surface area contributed by atoms with Crippen molar-refractivity contribution >= 4 is 11.6 Å². The number of allylic oxidation sites excluding steroid dienone is 1. The maximum atomic E-state index is 12.8. The highest BCUT2D eigenvalue weighted by Crippen LogP contribution is 2.22. The fraction of sp³-hybridized carbons (Fsp3) is 0.143. The number of rotatable bonds is 2. The van der Waals surface area contributed by atoms with E-state index in [2.05, 4.69) is 16.5 Å². The smallest absolute Gasteiger partial charge is 0.161 e. The van der Waals surface area contributed by atoms with Crippen LogP contribution in [0, 0.1) is 0 Å². The highest BCUT2D eigenvalue weighted by atomic mass is 35.5. The third kappa shape index (κ3) is 1.74. The van der Waals surface area contributed by atoms with Crippen LogP contribution in [0.3, 0.4) is 0 Å². The van der Waals surface area contributed by atoms with Crippen LogP contribution in [-0.2, 0) is 0 Å². The zero-order valence-corrected chi connectivity index (χ0v) is 6.42. The van der Waals surface area contributed by atoms with Crippen molar-refractivity contribution in [2.24, 2.45) is 0 Å². The number of aromatic nitrogens is 2. The number of nitrogens with zero attached hydrogens (tertiary/aromatic N) is 2. The van der Waals surface area contributed by atoms with Gasteiger partial charge in [0.05, 0.1) is 5.02 Å². The van der Waals surface area contributed by atoms with E-state index in [0.29, 0.717) is 0 Å². The highest BCUT2D eigenvalue weighted by Gasteiger charge is 2.10. The minimum atomic E-state index is -1.31. The maximum Gasteiger partial charge on any atom is 0.161 e. The van der Waals surface area contributed by atoms with E-state index in [1.807, 2.05) is 0 Å². The van der Waals surface area contributed by atoms with Gasteiger partial charge in [-0.2, -0.15) is 0 Å². The fourth-order valence-electron chi connectivity index (χ4n) is 0.637. The van der Waals surface area contributed by atoms with Gasteiger partial charge in [0.2, 0.25) is 0 Å². The molecule has 0 aliphatic heterocycles. The van der Waals surface area contributed by atoms with Gasteiger partial charge in [0.1, 0.15) is 12.0 Å². The topological polar surface area (TPSA) is 25.8 Å². The molecule has 1 aromatic rings. The van der Waals surface area contributed by atoms with E-state index in [0.717, 1.165) is 6.08 Å². The molecule has 1 heterocycles. The molecule has 58 valence electrons. The molecule has 0 aromatic carbocycles. The third-order valence-corrected chi connectivity index (χ3v) is 1.46. The van der Waals surface area contributed by atoms with Crippen LogP contribution in [0.15, 0.2) is 25.2 Å². The van der Waals surface area contributed by atoms with E-state index < -0.39 is 6.17 Å². The van der Waals surface area contributed by atoms with Gasteiger partial charge in [0.15, 0.2) is 6.17 Å². The van der Waals surface area contributed by atoms with E-state index in [1.165, 1.54) is 12.5 Å². The molecule has 1 aromatic heterocycles. The fourth-order valence-corrected chi connectivity index (χ4v) is 0.846. The Labute approximate surface area is 68.7 Å². The number of hydrogen-bond donors (Lipinski definition) is 0. The monoisotopic (exact) mass is 172 g/mol. The van der Waals surface area contributed by atoms with Crippen molar-refractivity contribution in [1.29, 1.82) is 0 Å². The average Bonchev–Trinajstić information content (AvgIpc) is 2.04. The second-order valence-corrected chi connectivity index (χ2v) is 2.30. The molecular weight excluding hydrogens is 167 g/mol. The first-order valence-electron chi connectivity index (χ1n) is 2.97. The molecule has 4 heteroatoms. The first-order valence-corrected chi connectivity index (χ1v) is 3.35. The minimum Gasteiger partial charge on any atom is -0.243 e. The Bertz CT molecular complexity index is 264. The summed E-state index contributed by atoms with van der Waals surface area (Å²) >= 11 is 5.59. The number of hydrogen-bond acceptors (Lipinski definition) is 2. The van der Waals surface area contributed by atoms with E-state index in [9.17, 15) is 4.39 Å². The molecule has 0 bridgehead atoms. The van der Waals surface area contributed by atoms with Gasteiger partial charge < -0.3 is 0 Å². The summed E-state index contributed by atoms with van der Waals surface area (Å²) < 4.78 is 12.8. The molecule has 0 aliphatic carbocycles. The van der Waals surface area contributed by atoms with Crippen LogP contribution in [0.1, 0.15) is 11.9 Å². The third-order valence-electron chi connectivity index (χ3n) is 1.16. The van der Waals surface area contributed by atoms with Gasteiger partial charge in [-0.1, -0.05) is 24.3 Å². The molecule has 0 spiro atoms. The largest absolute Gasteiger partial charge is 0.243 e. The van der Waals surface area contributed by atoms with Gasteiger partial charge in [-0.25, -0.2) is 14.4 Å². The Morgan fingerprint density at radius 2 is 2.45 bits per heavy atom. The van der Waals surface area contributed by atoms with Crippen molar-refractivity contribution in [2.45, 2.75) is 6.17 Å². The molecule has 0 saturated carbocycles. The molecule has 0 amide bonds. The lowest BCUT2D eigenvalue weighted by atomic mass is 10.3. The molecule has 2 nitrogen and oxygen atoms in total. The van der Waals surface area contributed by atoms with E-state index in [-0.39, 0.29) is 10.7 Å². The lowest BCUT2D eigenvalue weighted by molar-refractivity contribution is 0.406. The van der Waals surface area contributed by atoms with Gasteiger partial charge in [0.25, 0.3) is 0 Å². The standard InChI is InChI=1S/C7H6ClFN2/c1-2-6(9)7-5(8)3-10-4-11-7/h2-4,6H,1H2. The Morgan fingerprint density at radius 1 is 1.73 bits per heavy atom. The van der Waals surface area contributed by atoms with Crippen molar-refractivity contribution in [1.82, 2.24) is 9.97 Å². The van der Waals surface area contributed by atoms with Gasteiger partial charge in [-0.15, -0.1) is 0 Å². The first-order chi connectivity index (χ1) is 5.25. The Hall–Kier alpha value is -0.960. The average molecular weight is 173 g/mol. The predicted octanol–water partition coefficient (Wildman–Crippen LogP) is 2.33. The zero-order valence-electron chi connectivity index (χ0n) is 5.67. The molecule has 0 saturated heterocycles. The van der Waals surface area contributed by atoms with E-state index in [4.69, 9.17) is 11.6 Å². The van der Waals surface area contributed by atoms with Gasteiger partial charge >= 0.3 is 0 Å². The van der Waals surface area contributed by atoms with Crippen molar-refractivity contribution < 1.29 is 4.39 Å². The quantitative estimate of drug-likeness (QED) is 0.640. The molecule has 1 rings (SSSR count). The summed E-state index contributed by atoms with van der Waals surface area (Å²) in [6, 6.07) is 0. The number of halogens is 2. The summed E-state index contributed by atoms with van der Waals surface area (Å²) in [7, 11) is 0. The molecule has 0 aliphatic rings. The summed E-state index contributed by atoms with van der Waals surface area (Å²) in [4.78, 5) is 7.28. The molecular formula is C7H6ClFN2. The summed E-state index contributed by atoms with van der Waals surface area (Å²) in [6.07, 6.45) is 2.41. The lowest BCUT2D eigenvalue weighted by Gasteiger charge is -2.01. The second kappa shape index (κ2) is 3.44. The van der Waals surface area contributed by atoms with Crippen LogP contribution in [0.4, 0.5) is 4.39 Å². The van der Waals surface area contributed by atoms with Crippen LogP contribution < -0.4 is 0 Å². The van der Waals surface area contributed by atoms with Crippen LogP contribution in [-0.4, -0.2) is 9.97 Å². The van der Waals surface area contributed by atoms with Gasteiger partial charge in [-0.3, -0.25) is 0 Å².